The minimum absolute atomic E-state index is 0.106. The lowest BCUT2D eigenvalue weighted by Gasteiger charge is -2.14. The van der Waals surface area contributed by atoms with E-state index in [1.54, 1.807) is 6.92 Å². The van der Waals surface area contributed by atoms with E-state index in [4.69, 9.17) is 9.94 Å². The van der Waals surface area contributed by atoms with E-state index in [-0.39, 0.29) is 12.5 Å². The van der Waals surface area contributed by atoms with Crippen LogP contribution in [0.3, 0.4) is 0 Å². The van der Waals surface area contributed by atoms with Crippen molar-refractivity contribution in [1.82, 2.24) is 0 Å². The highest BCUT2D eigenvalue weighted by Crippen LogP contribution is 2.39. The minimum atomic E-state index is -0.449. The number of carbonyl (C=O) groups excluding carboxylic acids is 2. The number of hydrogen-bond donors (Lipinski definition) is 2. The van der Waals surface area contributed by atoms with Crippen LogP contribution in [0.1, 0.15) is 66.1 Å². The van der Waals surface area contributed by atoms with Gasteiger partial charge in [0, 0.05) is 6.42 Å². The molecule has 1 aliphatic rings. The molecule has 0 saturated carbocycles. The first kappa shape index (κ1) is 17.5. The molecule has 0 aromatic carbocycles. The van der Waals surface area contributed by atoms with Gasteiger partial charge in [-0.25, -0.2) is 4.79 Å². The summed E-state index contributed by atoms with van der Waals surface area (Å²) in [6.07, 6.45) is 4.38. The van der Waals surface area contributed by atoms with E-state index in [2.05, 4.69) is 10.5 Å². The van der Waals surface area contributed by atoms with Crippen molar-refractivity contribution in [3.8, 4) is 0 Å². The van der Waals surface area contributed by atoms with E-state index in [1.165, 1.54) is 11.3 Å². The van der Waals surface area contributed by atoms with Crippen LogP contribution in [-0.4, -0.2) is 29.4 Å². The van der Waals surface area contributed by atoms with Gasteiger partial charge >= 0.3 is 5.97 Å². The highest BCUT2D eigenvalue weighted by Gasteiger charge is 2.29. The number of amides is 1. The smallest absolute Gasteiger partial charge is 0.350 e. The van der Waals surface area contributed by atoms with Gasteiger partial charge in [0.05, 0.1) is 22.9 Å². The number of esters is 1. The maximum Gasteiger partial charge on any atom is 0.350 e. The van der Waals surface area contributed by atoms with Crippen LogP contribution in [0, 0.1) is 0 Å². The van der Waals surface area contributed by atoms with Gasteiger partial charge in [-0.15, -0.1) is 11.3 Å². The molecule has 1 heterocycles. The second-order valence-electron chi connectivity index (χ2n) is 5.39. The molecule has 0 fully saturated rings. The number of thiophene rings is 1. The van der Waals surface area contributed by atoms with E-state index in [0.717, 1.165) is 36.1 Å². The number of carbonyl (C=O) groups is 2. The molecule has 0 atom stereocenters. The van der Waals surface area contributed by atoms with Crippen molar-refractivity contribution in [2.45, 2.75) is 52.4 Å². The lowest BCUT2D eigenvalue weighted by atomic mass is 9.95. The van der Waals surface area contributed by atoms with Crippen molar-refractivity contribution in [3.63, 3.8) is 0 Å². The largest absolute Gasteiger partial charge is 0.462 e. The Morgan fingerprint density at radius 1 is 1.35 bits per heavy atom. The summed E-state index contributed by atoms with van der Waals surface area (Å²) in [5.74, 6) is -0.555. The number of nitrogens with zero attached hydrogens (tertiary/aromatic N) is 1. The standard InChI is InChI=1S/C16H22N2O4S/c1-3-5-9-12(19)17-13-10-7-6-8-11(18-21)14(10)23-15(13)16(20)22-4-2/h21H,3-9H2,1-2H3,(H,17,19). The summed E-state index contributed by atoms with van der Waals surface area (Å²) in [7, 11) is 0. The second-order valence-corrected chi connectivity index (χ2v) is 6.41. The highest BCUT2D eigenvalue weighted by atomic mass is 32.1. The molecule has 126 valence electrons. The summed E-state index contributed by atoms with van der Waals surface area (Å²) in [6.45, 7) is 4.03. The zero-order chi connectivity index (χ0) is 16.8. The van der Waals surface area contributed by atoms with Gasteiger partial charge in [-0.2, -0.15) is 0 Å². The van der Waals surface area contributed by atoms with Gasteiger partial charge in [-0.1, -0.05) is 18.5 Å². The van der Waals surface area contributed by atoms with Crippen LogP contribution in [0.15, 0.2) is 5.16 Å². The molecular formula is C16H22N2O4S. The Bertz CT molecular complexity index is 622. The lowest BCUT2D eigenvalue weighted by Crippen LogP contribution is -2.16. The SMILES string of the molecule is CCCCC(=O)Nc1c(C(=O)OCC)sc2c1CCCC2=NO. The summed E-state index contributed by atoms with van der Waals surface area (Å²) in [6, 6.07) is 0. The molecule has 23 heavy (non-hydrogen) atoms. The molecule has 0 bridgehead atoms. The third kappa shape index (κ3) is 3.90. The van der Waals surface area contributed by atoms with Gasteiger partial charge in [-0.05, 0) is 38.2 Å². The van der Waals surface area contributed by atoms with E-state index < -0.39 is 5.97 Å². The van der Waals surface area contributed by atoms with Crippen LogP contribution in [0.5, 0.6) is 0 Å². The van der Waals surface area contributed by atoms with E-state index >= 15 is 0 Å². The molecule has 2 N–H and O–H groups in total. The van der Waals surface area contributed by atoms with Crippen LogP contribution in [0.2, 0.25) is 0 Å². The predicted molar refractivity (Wildman–Crippen MR) is 89.7 cm³/mol. The number of nitrogens with one attached hydrogen (secondary N) is 1. The number of ether oxygens (including phenoxy) is 1. The zero-order valence-electron chi connectivity index (χ0n) is 13.5. The quantitative estimate of drug-likeness (QED) is 0.471. The predicted octanol–water partition coefficient (Wildman–Crippen LogP) is 3.57. The van der Waals surface area contributed by atoms with Crippen molar-refractivity contribution in [2.75, 3.05) is 11.9 Å². The molecule has 1 aromatic rings. The maximum absolute atomic E-state index is 12.2. The fraction of sp³-hybridized carbons (Fsp3) is 0.562. The molecular weight excluding hydrogens is 316 g/mol. The molecule has 2 rings (SSSR count). The van der Waals surface area contributed by atoms with Gasteiger partial charge in [-0.3, -0.25) is 4.79 Å². The molecule has 1 aromatic heterocycles. The molecule has 0 unspecified atom stereocenters. The van der Waals surface area contributed by atoms with Gasteiger partial charge in [0.1, 0.15) is 4.88 Å². The summed E-state index contributed by atoms with van der Waals surface area (Å²) in [4.78, 5) is 25.5. The van der Waals surface area contributed by atoms with Crippen LogP contribution >= 0.6 is 11.3 Å². The van der Waals surface area contributed by atoms with Crippen LogP contribution in [0.4, 0.5) is 5.69 Å². The summed E-state index contributed by atoms with van der Waals surface area (Å²) in [5, 5.41) is 15.4. The normalized spacial score (nSPS) is 15.3. The lowest BCUT2D eigenvalue weighted by molar-refractivity contribution is -0.116. The minimum Gasteiger partial charge on any atom is -0.462 e. The van der Waals surface area contributed by atoms with Crippen molar-refractivity contribution in [3.05, 3.63) is 15.3 Å². The van der Waals surface area contributed by atoms with Gasteiger partial charge < -0.3 is 15.3 Å². The average Bonchev–Trinajstić information content (AvgIpc) is 2.92. The second kappa shape index (κ2) is 8.10. The molecule has 6 nitrogen and oxygen atoms in total. The number of hydrogen-bond acceptors (Lipinski definition) is 6. The summed E-state index contributed by atoms with van der Waals surface area (Å²) >= 11 is 1.23. The third-order valence-corrected chi connectivity index (χ3v) is 4.97. The van der Waals surface area contributed by atoms with Crippen molar-refractivity contribution in [1.29, 1.82) is 0 Å². The Morgan fingerprint density at radius 3 is 2.78 bits per heavy atom. The maximum atomic E-state index is 12.2. The van der Waals surface area contributed by atoms with Crippen LogP contribution < -0.4 is 5.32 Å². The van der Waals surface area contributed by atoms with Crippen LogP contribution in [0.25, 0.3) is 0 Å². The topological polar surface area (TPSA) is 88.0 Å². The van der Waals surface area contributed by atoms with Gasteiger partial charge in [0.25, 0.3) is 0 Å². The van der Waals surface area contributed by atoms with E-state index in [9.17, 15) is 9.59 Å². The molecule has 1 amide bonds. The Balaban J connectivity index is 2.38. The third-order valence-electron chi connectivity index (χ3n) is 3.71. The Hall–Kier alpha value is -1.89. The Labute approximate surface area is 139 Å². The summed E-state index contributed by atoms with van der Waals surface area (Å²) in [5.41, 5.74) is 1.98. The van der Waals surface area contributed by atoms with Crippen molar-refractivity contribution >= 4 is 34.6 Å². The molecule has 0 spiro atoms. The fourth-order valence-electron chi connectivity index (χ4n) is 2.59. The molecule has 0 aliphatic heterocycles. The number of unbranched alkanes of at least 4 members (excludes halogenated alkanes) is 1. The first-order valence-electron chi connectivity index (χ1n) is 7.96. The van der Waals surface area contributed by atoms with E-state index in [0.29, 0.717) is 29.1 Å². The first-order valence-corrected chi connectivity index (χ1v) is 8.77. The average molecular weight is 338 g/mol. The monoisotopic (exact) mass is 338 g/mol. The fourth-order valence-corrected chi connectivity index (χ4v) is 3.80. The highest BCUT2D eigenvalue weighted by molar-refractivity contribution is 7.17. The molecule has 1 aliphatic carbocycles. The molecule has 0 radical (unpaired) electrons. The zero-order valence-corrected chi connectivity index (χ0v) is 14.3. The van der Waals surface area contributed by atoms with Gasteiger partial charge in [0.2, 0.25) is 5.91 Å². The van der Waals surface area contributed by atoms with Gasteiger partial charge in [0.15, 0.2) is 0 Å². The number of anilines is 1. The number of fused-ring (bicyclic) bond motifs is 1. The number of rotatable bonds is 6. The molecule has 0 saturated heterocycles. The summed E-state index contributed by atoms with van der Waals surface area (Å²) < 4.78 is 5.10. The number of oxime groups is 1. The Morgan fingerprint density at radius 2 is 2.13 bits per heavy atom. The van der Waals surface area contributed by atoms with Crippen LogP contribution in [-0.2, 0) is 16.0 Å². The first-order chi connectivity index (χ1) is 11.1. The Kier molecular flexibility index (Phi) is 6.15. The van der Waals surface area contributed by atoms with Crippen molar-refractivity contribution in [2.24, 2.45) is 5.16 Å². The van der Waals surface area contributed by atoms with Crippen molar-refractivity contribution < 1.29 is 19.5 Å². The molecule has 7 heteroatoms. The van der Waals surface area contributed by atoms with E-state index in [1.807, 2.05) is 6.92 Å².